The van der Waals surface area contributed by atoms with Crippen molar-refractivity contribution in [2.75, 3.05) is 12.4 Å². The van der Waals surface area contributed by atoms with Crippen molar-refractivity contribution in [2.24, 2.45) is 16.7 Å². The average Bonchev–Trinajstić information content (AvgIpc) is 2.99. The van der Waals surface area contributed by atoms with Crippen LogP contribution < -0.4 is 10.1 Å². The predicted molar refractivity (Wildman–Crippen MR) is 84.3 cm³/mol. The number of ether oxygens (including phenoxy) is 1. The first kappa shape index (κ1) is 14.2. The van der Waals surface area contributed by atoms with Crippen molar-refractivity contribution >= 4 is 11.6 Å². The predicted octanol–water partition coefficient (Wildman–Crippen LogP) is 4.02. The molecular formula is C18H23NO2. The molecule has 2 atom stereocenters. The Bertz CT molecular complexity index is 605. The summed E-state index contributed by atoms with van der Waals surface area (Å²) < 4.78 is 5.21. The fourth-order valence-electron chi connectivity index (χ4n) is 4.09. The molecule has 2 unspecified atom stereocenters. The third-order valence-corrected chi connectivity index (χ3v) is 5.65. The average molecular weight is 285 g/mol. The Morgan fingerprint density at radius 2 is 2.19 bits per heavy atom. The number of rotatable bonds is 3. The number of anilines is 1. The van der Waals surface area contributed by atoms with E-state index in [0.29, 0.717) is 5.92 Å². The number of benzene rings is 1. The molecule has 112 valence electrons. The zero-order valence-electron chi connectivity index (χ0n) is 13.0. The molecule has 3 nitrogen and oxygen atoms in total. The standard InChI is InChI=1S/C18H23NO2/c1-12-17(2,3)13-8-9-18(12,11-13)16(20)19-14-6-5-7-15(10-14)21-4/h5-7,10,13H,1,8-9,11H2,2-4H3,(H,19,20). The lowest BCUT2D eigenvalue weighted by atomic mass is 9.68. The summed E-state index contributed by atoms with van der Waals surface area (Å²) in [4.78, 5) is 12.9. The van der Waals surface area contributed by atoms with Crippen LogP contribution >= 0.6 is 0 Å². The maximum atomic E-state index is 12.9. The molecule has 1 N–H and O–H groups in total. The molecule has 21 heavy (non-hydrogen) atoms. The fourth-order valence-corrected chi connectivity index (χ4v) is 4.09. The van der Waals surface area contributed by atoms with Gasteiger partial charge >= 0.3 is 0 Å². The summed E-state index contributed by atoms with van der Waals surface area (Å²) in [5, 5.41) is 3.07. The van der Waals surface area contributed by atoms with Crippen molar-refractivity contribution in [3.8, 4) is 5.75 Å². The molecule has 3 heteroatoms. The van der Waals surface area contributed by atoms with Gasteiger partial charge in [-0.2, -0.15) is 0 Å². The van der Waals surface area contributed by atoms with Crippen LogP contribution in [-0.2, 0) is 4.79 Å². The number of amides is 1. The fraction of sp³-hybridized carbons (Fsp3) is 0.500. The van der Waals surface area contributed by atoms with Crippen molar-refractivity contribution in [3.05, 3.63) is 36.4 Å². The van der Waals surface area contributed by atoms with Crippen LogP contribution in [0.4, 0.5) is 5.69 Å². The molecule has 1 aromatic carbocycles. The monoisotopic (exact) mass is 285 g/mol. The quantitative estimate of drug-likeness (QED) is 0.852. The molecule has 0 saturated heterocycles. The molecule has 0 spiro atoms. The normalized spacial score (nSPS) is 29.5. The lowest BCUT2D eigenvalue weighted by Gasteiger charge is -2.37. The number of methoxy groups -OCH3 is 1. The maximum Gasteiger partial charge on any atom is 0.234 e. The molecule has 0 heterocycles. The van der Waals surface area contributed by atoms with E-state index in [1.54, 1.807) is 7.11 Å². The highest BCUT2D eigenvalue weighted by Crippen LogP contribution is 2.65. The summed E-state index contributed by atoms with van der Waals surface area (Å²) in [5.74, 6) is 1.43. The lowest BCUT2D eigenvalue weighted by molar-refractivity contribution is -0.123. The molecule has 0 aromatic heterocycles. The Kier molecular flexibility index (Phi) is 3.12. The van der Waals surface area contributed by atoms with Crippen LogP contribution in [0.1, 0.15) is 33.1 Å². The Morgan fingerprint density at radius 1 is 1.43 bits per heavy atom. The van der Waals surface area contributed by atoms with Gasteiger partial charge in [0.1, 0.15) is 5.75 Å². The van der Waals surface area contributed by atoms with Crippen LogP contribution in [0.25, 0.3) is 0 Å². The minimum atomic E-state index is -0.378. The van der Waals surface area contributed by atoms with E-state index >= 15 is 0 Å². The van der Waals surface area contributed by atoms with Crippen LogP contribution in [0.2, 0.25) is 0 Å². The van der Waals surface area contributed by atoms with E-state index in [1.165, 1.54) is 0 Å². The summed E-state index contributed by atoms with van der Waals surface area (Å²) in [5.41, 5.74) is 1.59. The van der Waals surface area contributed by atoms with Gasteiger partial charge in [0.2, 0.25) is 5.91 Å². The van der Waals surface area contributed by atoms with Crippen LogP contribution in [0.3, 0.4) is 0 Å². The molecule has 3 rings (SSSR count). The van der Waals surface area contributed by atoms with E-state index in [2.05, 4.69) is 25.7 Å². The molecule has 1 aromatic rings. The zero-order valence-corrected chi connectivity index (χ0v) is 13.0. The number of hydrogen-bond donors (Lipinski definition) is 1. The van der Waals surface area contributed by atoms with Gasteiger partial charge in [-0.1, -0.05) is 32.1 Å². The molecule has 1 amide bonds. The van der Waals surface area contributed by atoms with Crippen molar-refractivity contribution in [1.29, 1.82) is 0 Å². The molecular weight excluding hydrogens is 262 g/mol. The van der Waals surface area contributed by atoms with E-state index in [-0.39, 0.29) is 16.7 Å². The molecule has 0 radical (unpaired) electrons. The summed E-state index contributed by atoms with van der Waals surface area (Å²) in [7, 11) is 1.63. The molecule has 0 aliphatic heterocycles. The first-order chi connectivity index (χ1) is 9.90. The van der Waals surface area contributed by atoms with Crippen LogP contribution in [0.15, 0.2) is 36.4 Å². The summed E-state index contributed by atoms with van der Waals surface area (Å²) in [6, 6.07) is 7.50. The van der Waals surface area contributed by atoms with E-state index in [1.807, 2.05) is 24.3 Å². The van der Waals surface area contributed by atoms with E-state index in [0.717, 1.165) is 36.3 Å². The Hall–Kier alpha value is -1.77. The maximum absolute atomic E-state index is 12.9. The minimum absolute atomic E-state index is 0.0734. The van der Waals surface area contributed by atoms with Gasteiger partial charge in [0.15, 0.2) is 0 Å². The SMILES string of the molecule is C=C1C2(C(=O)Nc3cccc(OC)c3)CCC(C2)C1(C)C. The van der Waals surface area contributed by atoms with Gasteiger partial charge in [0.05, 0.1) is 12.5 Å². The Balaban J connectivity index is 1.84. The van der Waals surface area contributed by atoms with Crippen molar-refractivity contribution in [3.63, 3.8) is 0 Å². The Labute approximate surface area is 126 Å². The highest BCUT2D eigenvalue weighted by atomic mass is 16.5. The highest BCUT2D eigenvalue weighted by molar-refractivity contribution is 5.98. The van der Waals surface area contributed by atoms with E-state index < -0.39 is 0 Å². The largest absolute Gasteiger partial charge is 0.497 e. The van der Waals surface area contributed by atoms with Gasteiger partial charge in [-0.25, -0.2) is 0 Å². The van der Waals surface area contributed by atoms with Crippen molar-refractivity contribution in [1.82, 2.24) is 0 Å². The van der Waals surface area contributed by atoms with Gasteiger partial charge in [-0.15, -0.1) is 0 Å². The van der Waals surface area contributed by atoms with Crippen molar-refractivity contribution < 1.29 is 9.53 Å². The minimum Gasteiger partial charge on any atom is -0.497 e. The summed E-state index contributed by atoms with van der Waals surface area (Å²) in [6.07, 6.45) is 2.99. The van der Waals surface area contributed by atoms with Gasteiger partial charge in [-0.05, 0) is 42.7 Å². The molecule has 2 bridgehead atoms. The zero-order chi connectivity index (χ0) is 15.3. The van der Waals surface area contributed by atoms with Crippen LogP contribution in [0, 0.1) is 16.7 Å². The number of fused-ring (bicyclic) bond motifs is 2. The van der Waals surface area contributed by atoms with Gasteiger partial charge in [-0.3, -0.25) is 4.79 Å². The molecule has 2 saturated carbocycles. The highest BCUT2D eigenvalue weighted by Gasteiger charge is 2.60. The number of nitrogens with one attached hydrogen (secondary N) is 1. The topological polar surface area (TPSA) is 38.3 Å². The number of carbonyl (C=O) groups excluding carboxylic acids is 1. The van der Waals surface area contributed by atoms with Gasteiger partial charge in [0, 0.05) is 11.8 Å². The van der Waals surface area contributed by atoms with E-state index in [9.17, 15) is 4.79 Å². The first-order valence-corrected chi connectivity index (χ1v) is 7.55. The third kappa shape index (κ3) is 1.98. The Morgan fingerprint density at radius 3 is 2.81 bits per heavy atom. The van der Waals surface area contributed by atoms with Gasteiger partial charge in [0.25, 0.3) is 0 Å². The number of carbonyl (C=O) groups is 1. The first-order valence-electron chi connectivity index (χ1n) is 7.55. The second kappa shape index (κ2) is 4.62. The number of hydrogen-bond acceptors (Lipinski definition) is 2. The summed E-state index contributed by atoms with van der Waals surface area (Å²) in [6.45, 7) is 8.72. The van der Waals surface area contributed by atoms with Crippen molar-refractivity contribution in [2.45, 2.75) is 33.1 Å². The second-order valence-electron chi connectivity index (χ2n) is 6.91. The molecule has 2 aliphatic carbocycles. The van der Waals surface area contributed by atoms with Gasteiger partial charge < -0.3 is 10.1 Å². The molecule has 2 fully saturated rings. The molecule has 2 aliphatic rings. The van der Waals surface area contributed by atoms with Crippen LogP contribution in [-0.4, -0.2) is 13.0 Å². The van der Waals surface area contributed by atoms with Crippen LogP contribution in [0.5, 0.6) is 5.75 Å². The lowest BCUT2D eigenvalue weighted by Crippen LogP contribution is -2.37. The second-order valence-corrected chi connectivity index (χ2v) is 6.91. The van der Waals surface area contributed by atoms with E-state index in [4.69, 9.17) is 4.74 Å². The third-order valence-electron chi connectivity index (χ3n) is 5.65. The summed E-state index contributed by atoms with van der Waals surface area (Å²) >= 11 is 0. The smallest absolute Gasteiger partial charge is 0.234 e.